The van der Waals surface area contributed by atoms with Crippen molar-refractivity contribution < 1.29 is 9.13 Å². The Morgan fingerprint density at radius 3 is 2.69 bits per heavy atom. The van der Waals surface area contributed by atoms with Crippen molar-refractivity contribution in [2.24, 2.45) is 0 Å². The van der Waals surface area contributed by atoms with Crippen molar-refractivity contribution in [1.82, 2.24) is 4.98 Å². The number of halogens is 1. The molecule has 0 aliphatic heterocycles. The molecule has 0 N–H and O–H groups in total. The van der Waals surface area contributed by atoms with Gasteiger partial charge >= 0.3 is 0 Å². The molecule has 0 radical (unpaired) electrons. The average molecular weight is 183 g/mol. The number of hydrogen-bond acceptors (Lipinski definition) is 2. The standard InChI is InChI=1S/C10H14FNO/c1-4-13-10-9(11)5-8(6-12-10)7(2)3/h5-7H,4H2,1-3H3. The first-order valence-corrected chi connectivity index (χ1v) is 4.43. The summed E-state index contributed by atoms with van der Waals surface area (Å²) in [6.45, 7) is 6.23. The Bertz CT molecular complexity index is 286. The van der Waals surface area contributed by atoms with Gasteiger partial charge in [-0.3, -0.25) is 0 Å². The maximum Gasteiger partial charge on any atom is 0.250 e. The van der Waals surface area contributed by atoms with Gasteiger partial charge in [0.25, 0.3) is 0 Å². The lowest BCUT2D eigenvalue weighted by Gasteiger charge is -2.07. The predicted octanol–water partition coefficient (Wildman–Crippen LogP) is 2.74. The quantitative estimate of drug-likeness (QED) is 0.718. The molecule has 0 saturated heterocycles. The third-order valence-corrected chi connectivity index (χ3v) is 1.78. The van der Waals surface area contributed by atoms with E-state index in [-0.39, 0.29) is 17.6 Å². The van der Waals surface area contributed by atoms with Crippen LogP contribution >= 0.6 is 0 Å². The SMILES string of the molecule is CCOc1ncc(C(C)C)cc1F. The van der Waals surface area contributed by atoms with Gasteiger partial charge < -0.3 is 4.74 Å². The number of rotatable bonds is 3. The van der Waals surface area contributed by atoms with E-state index in [1.165, 1.54) is 6.07 Å². The molecule has 1 heterocycles. The second-order valence-electron chi connectivity index (χ2n) is 3.14. The van der Waals surface area contributed by atoms with Gasteiger partial charge in [-0.1, -0.05) is 13.8 Å². The lowest BCUT2D eigenvalue weighted by atomic mass is 10.1. The van der Waals surface area contributed by atoms with Crippen LogP contribution in [0, 0.1) is 5.82 Å². The van der Waals surface area contributed by atoms with Gasteiger partial charge in [-0.2, -0.15) is 0 Å². The first-order valence-electron chi connectivity index (χ1n) is 4.43. The Kier molecular flexibility index (Phi) is 3.23. The summed E-state index contributed by atoms with van der Waals surface area (Å²) in [5.74, 6) is -0.00220. The fourth-order valence-corrected chi connectivity index (χ4v) is 0.999. The second kappa shape index (κ2) is 4.21. The van der Waals surface area contributed by atoms with E-state index in [2.05, 4.69) is 4.98 Å². The van der Waals surface area contributed by atoms with Gasteiger partial charge in [-0.15, -0.1) is 0 Å². The zero-order valence-corrected chi connectivity index (χ0v) is 8.17. The molecule has 0 aliphatic carbocycles. The second-order valence-corrected chi connectivity index (χ2v) is 3.14. The van der Waals surface area contributed by atoms with Gasteiger partial charge in [0.05, 0.1) is 6.61 Å². The first-order chi connectivity index (χ1) is 6.15. The van der Waals surface area contributed by atoms with Crippen LogP contribution in [-0.4, -0.2) is 11.6 Å². The number of nitrogens with zero attached hydrogens (tertiary/aromatic N) is 1. The van der Waals surface area contributed by atoms with Crippen LogP contribution in [0.4, 0.5) is 4.39 Å². The van der Waals surface area contributed by atoms with Crippen molar-refractivity contribution in [2.75, 3.05) is 6.61 Å². The molecule has 0 unspecified atom stereocenters. The van der Waals surface area contributed by atoms with Crippen molar-refractivity contribution in [2.45, 2.75) is 26.7 Å². The molecule has 0 spiro atoms. The summed E-state index contributed by atoms with van der Waals surface area (Å²) in [5.41, 5.74) is 0.890. The molecule has 1 rings (SSSR count). The number of ether oxygens (including phenoxy) is 1. The smallest absolute Gasteiger partial charge is 0.250 e. The monoisotopic (exact) mass is 183 g/mol. The minimum absolute atomic E-state index is 0.0897. The van der Waals surface area contributed by atoms with E-state index >= 15 is 0 Å². The normalized spacial score (nSPS) is 10.5. The highest BCUT2D eigenvalue weighted by molar-refractivity contribution is 5.22. The lowest BCUT2D eigenvalue weighted by molar-refractivity contribution is 0.307. The molecular formula is C10H14FNO. The van der Waals surface area contributed by atoms with Crippen molar-refractivity contribution in [3.63, 3.8) is 0 Å². The Morgan fingerprint density at radius 1 is 1.54 bits per heavy atom. The maximum atomic E-state index is 13.2. The molecule has 0 bridgehead atoms. The van der Waals surface area contributed by atoms with Crippen LogP contribution in [-0.2, 0) is 0 Å². The van der Waals surface area contributed by atoms with Gasteiger partial charge in [-0.25, -0.2) is 9.37 Å². The Hall–Kier alpha value is -1.12. The van der Waals surface area contributed by atoms with Crippen LogP contribution < -0.4 is 4.74 Å². The molecule has 13 heavy (non-hydrogen) atoms. The predicted molar refractivity (Wildman–Crippen MR) is 49.5 cm³/mol. The Labute approximate surface area is 77.8 Å². The van der Waals surface area contributed by atoms with E-state index in [4.69, 9.17) is 4.74 Å². The fourth-order valence-electron chi connectivity index (χ4n) is 0.999. The molecule has 0 aliphatic rings. The molecule has 72 valence electrons. The van der Waals surface area contributed by atoms with Crippen LogP contribution in [0.3, 0.4) is 0 Å². The molecule has 0 aromatic carbocycles. The third-order valence-electron chi connectivity index (χ3n) is 1.78. The first kappa shape index (κ1) is 9.96. The molecular weight excluding hydrogens is 169 g/mol. The average Bonchev–Trinajstić information content (AvgIpc) is 2.08. The van der Waals surface area contributed by atoms with Crippen molar-refractivity contribution >= 4 is 0 Å². The maximum absolute atomic E-state index is 13.2. The molecule has 0 amide bonds. The highest BCUT2D eigenvalue weighted by Crippen LogP contribution is 2.19. The molecule has 1 aromatic heterocycles. The summed E-state index contributed by atoms with van der Waals surface area (Å²) in [7, 11) is 0. The lowest BCUT2D eigenvalue weighted by Crippen LogP contribution is -1.99. The summed E-state index contributed by atoms with van der Waals surface area (Å²) in [6, 6.07) is 1.47. The molecule has 3 heteroatoms. The Balaban J connectivity index is 2.92. The van der Waals surface area contributed by atoms with Crippen LogP contribution in [0.2, 0.25) is 0 Å². The molecule has 0 atom stereocenters. The number of pyridine rings is 1. The molecule has 2 nitrogen and oxygen atoms in total. The molecule has 1 aromatic rings. The van der Waals surface area contributed by atoms with Gasteiger partial charge in [-0.05, 0) is 24.5 Å². The van der Waals surface area contributed by atoms with Crippen LogP contribution in [0.15, 0.2) is 12.3 Å². The van der Waals surface area contributed by atoms with Gasteiger partial charge in [0.15, 0.2) is 5.82 Å². The largest absolute Gasteiger partial charge is 0.476 e. The zero-order chi connectivity index (χ0) is 9.84. The summed E-state index contributed by atoms with van der Waals surface area (Å²) in [6.07, 6.45) is 1.65. The van der Waals surface area contributed by atoms with E-state index in [0.717, 1.165) is 5.56 Å². The number of aromatic nitrogens is 1. The van der Waals surface area contributed by atoms with Crippen LogP contribution in [0.5, 0.6) is 5.88 Å². The van der Waals surface area contributed by atoms with E-state index in [9.17, 15) is 4.39 Å². The Morgan fingerprint density at radius 2 is 2.23 bits per heavy atom. The van der Waals surface area contributed by atoms with Gasteiger partial charge in [0.2, 0.25) is 5.88 Å². The highest BCUT2D eigenvalue weighted by atomic mass is 19.1. The van der Waals surface area contributed by atoms with Crippen LogP contribution in [0.25, 0.3) is 0 Å². The summed E-state index contributed by atoms with van der Waals surface area (Å²) in [5, 5.41) is 0. The summed E-state index contributed by atoms with van der Waals surface area (Å²) in [4.78, 5) is 3.89. The fraction of sp³-hybridized carbons (Fsp3) is 0.500. The summed E-state index contributed by atoms with van der Waals surface area (Å²) < 4.78 is 18.2. The van der Waals surface area contributed by atoms with Crippen molar-refractivity contribution in [3.8, 4) is 5.88 Å². The van der Waals surface area contributed by atoms with Crippen molar-refractivity contribution in [3.05, 3.63) is 23.6 Å². The third kappa shape index (κ3) is 2.41. The minimum atomic E-state index is -0.381. The van der Waals surface area contributed by atoms with Crippen LogP contribution in [0.1, 0.15) is 32.3 Å². The number of hydrogen-bond donors (Lipinski definition) is 0. The molecule has 0 fully saturated rings. The van der Waals surface area contributed by atoms with Crippen molar-refractivity contribution in [1.29, 1.82) is 0 Å². The topological polar surface area (TPSA) is 22.1 Å². The van der Waals surface area contributed by atoms with Gasteiger partial charge in [0, 0.05) is 6.20 Å². The minimum Gasteiger partial charge on any atom is -0.476 e. The zero-order valence-electron chi connectivity index (χ0n) is 8.17. The van der Waals surface area contributed by atoms with E-state index in [0.29, 0.717) is 6.61 Å². The van der Waals surface area contributed by atoms with Gasteiger partial charge in [0.1, 0.15) is 0 Å². The van der Waals surface area contributed by atoms with E-state index in [1.807, 2.05) is 13.8 Å². The summed E-state index contributed by atoms with van der Waals surface area (Å²) >= 11 is 0. The van der Waals surface area contributed by atoms with E-state index in [1.54, 1.807) is 13.1 Å². The highest BCUT2D eigenvalue weighted by Gasteiger charge is 2.07. The molecule has 0 saturated carbocycles. The van der Waals surface area contributed by atoms with E-state index < -0.39 is 0 Å².